The summed E-state index contributed by atoms with van der Waals surface area (Å²) < 4.78 is 18.1. The van der Waals surface area contributed by atoms with Gasteiger partial charge in [-0.05, 0) is 48.6 Å². The molecule has 1 aromatic carbocycles. The summed E-state index contributed by atoms with van der Waals surface area (Å²) in [6.45, 7) is 0. The summed E-state index contributed by atoms with van der Waals surface area (Å²) in [5.41, 5.74) is 0.828. The molecule has 1 amide bonds. The first kappa shape index (κ1) is 15.3. The summed E-state index contributed by atoms with van der Waals surface area (Å²) in [7, 11) is 0. The number of carboxylic acid groups (broad SMARTS) is 1. The number of nitrogens with one attached hydrogen (secondary N) is 1. The molecular weight excluding hydrogens is 301 g/mol. The van der Waals surface area contributed by atoms with Crippen molar-refractivity contribution in [2.45, 2.75) is 25.3 Å². The maximum Gasteiger partial charge on any atom is 0.371 e. The lowest BCUT2D eigenvalue weighted by molar-refractivity contribution is 0.0658. The van der Waals surface area contributed by atoms with Gasteiger partial charge < -0.3 is 14.8 Å². The van der Waals surface area contributed by atoms with Crippen molar-refractivity contribution in [3.63, 3.8) is 0 Å². The third-order valence-corrected chi connectivity index (χ3v) is 4.18. The minimum Gasteiger partial charge on any atom is -0.475 e. The zero-order chi connectivity index (χ0) is 16.4. The second-order valence-corrected chi connectivity index (χ2v) is 5.66. The molecule has 1 aliphatic rings. The van der Waals surface area contributed by atoms with Crippen molar-refractivity contribution in [2.24, 2.45) is 5.92 Å². The van der Waals surface area contributed by atoms with Crippen molar-refractivity contribution in [3.05, 3.63) is 59.3 Å². The Morgan fingerprint density at radius 1 is 1.13 bits per heavy atom. The van der Waals surface area contributed by atoms with Crippen LogP contribution in [0.2, 0.25) is 0 Å². The van der Waals surface area contributed by atoms with E-state index in [0.29, 0.717) is 5.92 Å². The molecule has 0 aliphatic heterocycles. The minimum atomic E-state index is -1.22. The average molecular weight is 317 g/mol. The third kappa shape index (κ3) is 3.26. The summed E-state index contributed by atoms with van der Waals surface area (Å²) in [5, 5.41) is 11.7. The second kappa shape index (κ2) is 6.24. The van der Waals surface area contributed by atoms with Crippen LogP contribution >= 0.6 is 0 Å². The molecule has 1 fully saturated rings. The Hall–Kier alpha value is -2.63. The number of hydrogen-bond acceptors (Lipinski definition) is 3. The van der Waals surface area contributed by atoms with Crippen LogP contribution in [0.3, 0.4) is 0 Å². The van der Waals surface area contributed by atoms with E-state index in [9.17, 15) is 14.0 Å². The van der Waals surface area contributed by atoms with Gasteiger partial charge in [0.1, 0.15) is 5.82 Å². The molecule has 1 aliphatic carbocycles. The number of halogens is 1. The van der Waals surface area contributed by atoms with Crippen molar-refractivity contribution < 1.29 is 23.5 Å². The number of carbonyl (C=O) groups is 2. The van der Waals surface area contributed by atoms with Crippen LogP contribution in [0.5, 0.6) is 0 Å². The molecule has 1 aromatic heterocycles. The highest BCUT2D eigenvalue weighted by atomic mass is 19.1. The fourth-order valence-electron chi connectivity index (χ4n) is 2.70. The monoisotopic (exact) mass is 317 g/mol. The van der Waals surface area contributed by atoms with Crippen LogP contribution in [-0.4, -0.2) is 17.0 Å². The Bertz CT molecular complexity index is 718. The lowest BCUT2D eigenvalue weighted by atomic mass is 9.77. The molecule has 1 atom stereocenters. The SMILES string of the molecule is O=C(O)c1ccc(C(=O)NC(c2ccc(F)cc2)C2CCC2)o1. The van der Waals surface area contributed by atoms with E-state index in [1.165, 1.54) is 24.3 Å². The molecule has 2 aromatic rings. The Kier molecular flexibility index (Phi) is 4.14. The number of rotatable bonds is 5. The molecule has 120 valence electrons. The van der Waals surface area contributed by atoms with Crippen molar-refractivity contribution in [1.29, 1.82) is 0 Å². The molecule has 23 heavy (non-hydrogen) atoms. The van der Waals surface area contributed by atoms with Crippen LogP contribution in [0.1, 0.15) is 52.0 Å². The van der Waals surface area contributed by atoms with Gasteiger partial charge in [0, 0.05) is 0 Å². The van der Waals surface area contributed by atoms with Crippen LogP contribution in [0, 0.1) is 11.7 Å². The summed E-state index contributed by atoms with van der Waals surface area (Å²) in [5.74, 6) is -2.06. The molecule has 0 spiro atoms. The fraction of sp³-hybridized carbons (Fsp3) is 0.294. The molecule has 0 bridgehead atoms. The van der Waals surface area contributed by atoms with Gasteiger partial charge in [0.05, 0.1) is 6.04 Å². The number of hydrogen-bond donors (Lipinski definition) is 2. The predicted molar refractivity (Wildman–Crippen MR) is 79.6 cm³/mol. The van der Waals surface area contributed by atoms with Crippen LogP contribution in [-0.2, 0) is 0 Å². The molecule has 6 heteroatoms. The molecule has 1 heterocycles. The topological polar surface area (TPSA) is 79.5 Å². The molecule has 0 radical (unpaired) electrons. The number of aromatic carboxylic acids is 1. The van der Waals surface area contributed by atoms with E-state index in [0.717, 1.165) is 24.8 Å². The highest BCUT2D eigenvalue weighted by Crippen LogP contribution is 2.38. The quantitative estimate of drug-likeness (QED) is 0.886. The van der Waals surface area contributed by atoms with E-state index in [1.807, 2.05) is 0 Å². The van der Waals surface area contributed by atoms with Gasteiger partial charge in [0.15, 0.2) is 5.76 Å². The van der Waals surface area contributed by atoms with E-state index in [-0.39, 0.29) is 23.4 Å². The van der Waals surface area contributed by atoms with E-state index in [2.05, 4.69) is 5.32 Å². The number of benzene rings is 1. The minimum absolute atomic E-state index is 0.0474. The van der Waals surface area contributed by atoms with Crippen molar-refractivity contribution in [3.8, 4) is 0 Å². The maximum absolute atomic E-state index is 13.1. The van der Waals surface area contributed by atoms with Crippen molar-refractivity contribution in [2.75, 3.05) is 0 Å². The molecule has 2 N–H and O–H groups in total. The van der Waals surface area contributed by atoms with E-state index in [1.54, 1.807) is 12.1 Å². The van der Waals surface area contributed by atoms with E-state index < -0.39 is 11.9 Å². The normalized spacial score (nSPS) is 15.7. The first-order valence-corrected chi connectivity index (χ1v) is 7.44. The summed E-state index contributed by atoms with van der Waals surface area (Å²) in [6, 6.07) is 8.38. The van der Waals surface area contributed by atoms with Gasteiger partial charge in [-0.15, -0.1) is 0 Å². The number of carbonyl (C=O) groups excluding carboxylic acids is 1. The summed E-state index contributed by atoms with van der Waals surface area (Å²) in [4.78, 5) is 23.1. The van der Waals surface area contributed by atoms with E-state index in [4.69, 9.17) is 9.52 Å². The standard InChI is InChI=1S/C17H16FNO4/c18-12-6-4-11(5-7-12)15(10-2-1-3-10)19-16(20)13-8-9-14(23-13)17(21)22/h4-10,15H,1-3H2,(H,19,20)(H,21,22). The second-order valence-electron chi connectivity index (χ2n) is 5.66. The van der Waals surface area contributed by atoms with Gasteiger partial charge in [-0.1, -0.05) is 18.6 Å². The van der Waals surface area contributed by atoms with Crippen LogP contribution in [0.15, 0.2) is 40.8 Å². The van der Waals surface area contributed by atoms with Crippen LogP contribution in [0.4, 0.5) is 4.39 Å². The van der Waals surface area contributed by atoms with Crippen molar-refractivity contribution >= 4 is 11.9 Å². The fourth-order valence-corrected chi connectivity index (χ4v) is 2.70. The molecular formula is C17H16FNO4. The Labute approximate surface area is 132 Å². The van der Waals surface area contributed by atoms with E-state index >= 15 is 0 Å². The number of amides is 1. The van der Waals surface area contributed by atoms with Gasteiger partial charge >= 0.3 is 5.97 Å². The van der Waals surface area contributed by atoms with Gasteiger partial charge in [-0.25, -0.2) is 9.18 Å². The van der Waals surface area contributed by atoms with Crippen LogP contribution in [0.25, 0.3) is 0 Å². The average Bonchev–Trinajstić information content (AvgIpc) is 2.95. The number of carboxylic acids is 1. The molecule has 0 saturated heterocycles. The zero-order valence-corrected chi connectivity index (χ0v) is 12.3. The molecule has 5 nitrogen and oxygen atoms in total. The van der Waals surface area contributed by atoms with Gasteiger partial charge in [-0.2, -0.15) is 0 Å². The predicted octanol–water partition coefficient (Wildman–Crippen LogP) is 3.39. The lowest BCUT2D eigenvalue weighted by Gasteiger charge is -2.34. The Morgan fingerprint density at radius 2 is 1.78 bits per heavy atom. The summed E-state index contributed by atoms with van der Waals surface area (Å²) in [6.07, 6.45) is 3.07. The van der Waals surface area contributed by atoms with Gasteiger partial charge in [0.2, 0.25) is 5.76 Å². The maximum atomic E-state index is 13.1. The Balaban J connectivity index is 1.78. The first-order valence-electron chi connectivity index (χ1n) is 7.44. The molecule has 3 rings (SSSR count). The van der Waals surface area contributed by atoms with Crippen molar-refractivity contribution in [1.82, 2.24) is 5.32 Å². The summed E-state index contributed by atoms with van der Waals surface area (Å²) >= 11 is 0. The van der Waals surface area contributed by atoms with Crippen LogP contribution < -0.4 is 5.32 Å². The Morgan fingerprint density at radius 3 is 2.30 bits per heavy atom. The van der Waals surface area contributed by atoms with Gasteiger partial charge in [0.25, 0.3) is 5.91 Å². The molecule has 1 unspecified atom stereocenters. The highest BCUT2D eigenvalue weighted by molar-refractivity contribution is 5.93. The lowest BCUT2D eigenvalue weighted by Crippen LogP contribution is -2.36. The highest BCUT2D eigenvalue weighted by Gasteiger charge is 2.30. The smallest absolute Gasteiger partial charge is 0.371 e. The van der Waals surface area contributed by atoms with Gasteiger partial charge in [-0.3, -0.25) is 4.79 Å². The molecule has 1 saturated carbocycles. The third-order valence-electron chi connectivity index (χ3n) is 4.18. The largest absolute Gasteiger partial charge is 0.475 e. The number of furan rings is 1. The first-order chi connectivity index (χ1) is 11.0. The zero-order valence-electron chi connectivity index (χ0n) is 12.3.